The number of benzene rings is 1. The molecule has 1 fully saturated rings. The van der Waals surface area contributed by atoms with Gasteiger partial charge in [-0.05, 0) is 53.5 Å². The fraction of sp³-hybridized carbons (Fsp3) is 0.357. The van der Waals surface area contributed by atoms with Gasteiger partial charge in [0.05, 0.1) is 0 Å². The lowest BCUT2D eigenvalue weighted by Crippen LogP contribution is -2.37. The number of halogens is 1. The van der Waals surface area contributed by atoms with Crippen molar-refractivity contribution in [2.45, 2.75) is 18.9 Å². The number of pyridine rings is 1. The number of ether oxygens (including phenoxy) is 1. The predicted molar refractivity (Wildman–Crippen MR) is 78.8 cm³/mol. The summed E-state index contributed by atoms with van der Waals surface area (Å²) < 4.78 is 6.83. The second-order valence-electron chi connectivity index (χ2n) is 4.76. The highest BCUT2D eigenvalue weighted by Gasteiger charge is 2.14. The third kappa shape index (κ3) is 2.67. The number of rotatable bonds is 2. The van der Waals surface area contributed by atoms with Crippen molar-refractivity contribution < 1.29 is 4.74 Å². The van der Waals surface area contributed by atoms with Crippen LogP contribution in [0.2, 0.25) is 0 Å². The summed E-state index contributed by atoms with van der Waals surface area (Å²) in [5.74, 6) is 0.813. The fourth-order valence-corrected chi connectivity index (χ4v) is 2.83. The molecule has 0 spiro atoms. The van der Waals surface area contributed by atoms with Crippen molar-refractivity contribution in [2.24, 2.45) is 0 Å². The lowest BCUT2D eigenvalue weighted by atomic mass is 10.1. The van der Waals surface area contributed by atoms with Crippen LogP contribution in [0.15, 0.2) is 33.7 Å². The van der Waals surface area contributed by atoms with Crippen molar-refractivity contribution in [2.75, 3.05) is 13.1 Å². The van der Waals surface area contributed by atoms with Gasteiger partial charge in [0.1, 0.15) is 11.9 Å². The van der Waals surface area contributed by atoms with E-state index in [-0.39, 0.29) is 11.7 Å². The van der Waals surface area contributed by atoms with Crippen molar-refractivity contribution in [3.05, 3.63) is 39.2 Å². The summed E-state index contributed by atoms with van der Waals surface area (Å²) in [7, 11) is 0. The van der Waals surface area contributed by atoms with E-state index in [9.17, 15) is 4.79 Å². The Labute approximate surface area is 119 Å². The Bertz CT molecular complexity index is 647. The summed E-state index contributed by atoms with van der Waals surface area (Å²) in [4.78, 5) is 14.4. The number of aromatic nitrogens is 1. The molecule has 0 amide bonds. The molecule has 1 aromatic heterocycles. The number of hydrogen-bond donors (Lipinski definition) is 2. The van der Waals surface area contributed by atoms with E-state index in [1.807, 2.05) is 18.2 Å². The van der Waals surface area contributed by atoms with E-state index in [0.29, 0.717) is 5.39 Å². The highest BCUT2D eigenvalue weighted by molar-refractivity contribution is 9.10. The van der Waals surface area contributed by atoms with Crippen LogP contribution in [-0.4, -0.2) is 24.2 Å². The molecule has 1 aliphatic rings. The van der Waals surface area contributed by atoms with Gasteiger partial charge in [-0.25, -0.2) is 0 Å². The van der Waals surface area contributed by atoms with Crippen LogP contribution in [0.5, 0.6) is 5.75 Å². The minimum absolute atomic E-state index is 0.0796. The quantitative estimate of drug-likeness (QED) is 0.892. The van der Waals surface area contributed by atoms with Gasteiger partial charge in [-0.2, -0.15) is 0 Å². The number of piperidine rings is 1. The average Bonchev–Trinajstić information content (AvgIpc) is 2.44. The molecule has 0 bridgehead atoms. The molecule has 3 rings (SSSR count). The van der Waals surface area contributed by atoms with Crippen LogP contribution in [0.25, 0.3) is 10.8 Å². The molecule has 100 valence electrons. The summed E-state index contributed by atoms with van der Waals surface area (Å²) >= 11 is 3.45. The molecule has 2 N–H and O–H groups in total. The van der Waals surface area contributed by atoms with Gasteiger partial charge in [-0.3, -0.25) is 4.79 Å². The summed E-state index contributed by atoms with van der Waals surface area (Å²) in [5, 5.41) is 4.87. The zero-order valence-electron chi connectivity index (χ0n) is 10.4. The molecule has 5 heteroatoms. The number of nitrogens with one attached hydrogen (secondary N) is 2. The Hall–Kier alpha value is -1.33. The van der Waals surface area contributed by atoms with Gasteiger partial charge in [0.15, 0.2) is 0 Å². The first-order valence-corrected chi connectivity index (χ1v) is 7.21. The second-order valence-corrected chi connectivity index (χ2v) is 5.61. The van der Waals surface area contributed by atoms with Gasteiger partial charge < -0.3 is 15.0 Å². The van der Waals surface area contributed by atoms with Crippen molar-refractivity contribution in [1.82, 2.24) is 10.3 Å². The first-order chi connectivity index (χ1) is 9.24. The van der Waals surface area contributed by atoms with Gasteiger partial charge in [0.25, 0.3) is 5.56 Å². The Morgan fingerprint density at radius 3 is 3.00 bits per heavy atom. The number of H-pyrrole nitrogens is 1. The molecular weight excluding hydrogens is 308 g/mol. The molecule has 19 heavy (non-hydrogen) atoms. The Balaban J connectivity index is 1.92. The summed E-state index contributed by atoms with van der Waals surface area (Å²) in [6.07, 6.45) is 4.09. The van der Waals surface area contributed by atoms with Gasteiger partial charge in [-0.15, -0.1) is 0 Å². The number of fused-ring (bicyclic) bond motifs is 1. The van der Waals surface area contributed by atoms with E-state index in [1.54, 1.807) is 6.20 Å². The smallest absolute Gasteiger partial charge is 0.255 e. The molecule has 0 radical (unpaired) electrons. The summed E-state index contributed by atoms with van der Waals surface area (Å²) in [5.41, 5.74) is -0.0796. The molecule has 2 heterocycles. The van der Waals surface area contributed by atoms with Crippen molar-refractivity contribution >= 4 is 26.7 Å². The normalized spacial score (nSPS) is 19.5. The number of hydrogen-bond acceptors (Lipinski definition) is 3. The lowest BCUT2D eigenvalue weighted by Gasteiger charge is -2.24. The maximum atomic E-state index is 11.7. The van der Waals surface area contributed by atoms with E-state index in [1.165, 1.54) is 0 Å². The average molecular weight is 323 g/mol. The molecule has 0 unspecified atom stereocenters. The van der Waals surface area contributed by atoms with E-state index in [0.717, 1.165) is 41.5 Å². The maximum Gasteiger partial charge on any atom is 0.255 e. The van der Waals surface area contributed by atoms with Crippen molar-refractivity contribution in [3.8, 4) is 5.75 Å². The largest absolute Gasteiger partial charge is 0.489 e. The topological polar surface area (TPSA) is 54.1 Å². The van der Waals surface area contributed by atoms with E-state index < -0.39 is 0 Å². The third-order valence-electron chi connectivity index (χ3n) is 3.38. The SMILES string of the molecule is O=c1[nH]cc(Br)c2cc(O[C@H]3CCCNC3)ccc12. The fourth-order valence-electron chi connectivity index (χ4n) is 2.39. The monoisotopic (exact) mass is 322 g/mol. The lowest BCUT2D eigenvalue weighted by molar-refractivity contribution is 0.167. The Morgan fingerprint density at radius 1 is 1.32 bits per heavy atom. The van der Waals surface area contributed by atoms with Crippen LogP contribution in [0, 0.1) is 0 Å². The molecular formula is C14H15BrN2O2. The first-order valence-electron chi connectivity index (χ1n) is 6.42. The predicted octanol–water partition coefficient (Wildman–Crippen LogP) is 2.42. The molecule has 1 atom stereocenters. The molecule has 2 aromatic rings. The molecule has 0 saturated carbocycles. The molecule has 1 aliphatic heterocycles. The molecule has 0 aliphatic carbocycles. The number of aromatic amines is 1. The molecule has 1 aromatic carbocycles. The van der Waals surface area contributed by atoms with Crippen LogP contribution < -0.4 is 15.6 Å². The minimum Gasteiger partial charge on any atom is -0.489 e. The van der Waals surface area contributed by atoms with E-state index in [2.05, 4.69) is 26.2 Å². The van der Waals surface area contributed by atoms with Gasteiger partial charge in [0.2, 0.25) is 0 Å². The maximum absolute atomic E-state index is 11.7. The van der Waals surface area contributed by atoms with E-state index in [4.69, 9.17) is 4.74 Å². The van der Waals surface area contributed by atoms with Crippen LogP contribution in [0.3, 0.4) is 0 Å². The highest BCUT2D eigenvalue weighted by Crippen LogP contribution is 2.26. The van der Waals surface area contributed by atoms with E-state index >= 15 is 0 Å². The molecule has 1 saturated heterocycles. The van der Waals surface area contributed by atoms with Gasteiger partial charge in [-0.1, -0.05) is 0 Å². The second kappa shape index (κ2) is 5.35. The summed E-state index contributed by atoms with van der Waals surface area (Å²) in [6, 6.07) is 5.59. The Morgan fingerprint density at radius 2 is 2.21 bits per heavy atom. The highest BCUT2D eigenvalue weighted by atomic mass is 79.9. The standard InChI is InChI=1S/C14H15BrN2O2/c15-13-8-17-14(18)11-4-3-9(6-12(11)13)19-10-2-1-5-16-7-10/h3-4,6,8,10,16H,1-2,5,7H2,(H,17,18)/t10-/m0/s1. The van der Waals surface area contributed by atoms with Crippen LogP contribution >= 0.6 is 15.9 Å². The summed E-state index contributed by atoms with van der Waals surface area (Å²) in [6.45, 7) is 1.95. The zero-order valence-corrected chi connectivity index (χ0v) is 12.0. The van der Waals surface area contributed by atoms with Crippen molar-refractivity contribution in [1.29, 1.82) is 0 Å². The first kappa shape index (κ1) is 12.7. The van der Waals surface area contributed by atoms with Crippen LogP contribution in [-0.2, 0) is 0 Å². The van der Waals surface area contributed by atoms with Gasteiger partial charge >= 0.3 is 0 Å². The third-order valence-corrected chi connectivity index (χ3v) is 4.03. The van der Waals surface area contributed by atoms with Crippen LogP contribution in [0.4, 0.5) is 0 Å². The van der Waals surface area contributed by atoms with Gasteiger partial charge in [0, 0.05) is 28.0 Å². The molecule has 4 nitrogen and oxygen atoms in total. The Kier molecular flexibility index (Phi) is 3.57. The van der Waals surface area contributed by atoms with Crippen LogP contribution in [0.1, 0.15) is 12.8 Å². The zero-order chi connectivity index (χ0) is 13.2. The minimum atomic E-state index is -0.0796. The van der Waals surface area contributed by atoms with Crippen molar-refractivity contribution in [3.63, 3.8) is 0 Å².